The standard InChI is InChI=1S/C17H18O/c1-12-5-8-15(9-6-12)11-17(18)16-10-13(2)4-7-14(16)3/h4-10H,11H2,1-3H3. The van der Waals surface area contributed by atoms with Crippen LogP contribution < -0.4 is 0 Å². The molecule has 0 aliphatic rings. The Kier molecular flexibility index (Phi) is 3.61. The maximum Gasteiger partial charge on any atom is 0.167 e. The third-order valence-corrected chi connectivity index (χ3v) is 3.18. The van der Waals surface area contributed by atoms with Crippen LogP contribution in [-0.4, -0.2) is 5.78 Å². The first kappa shape index (κ1) is 12.6. The zero-order chi connectivity index (χ0) is 13.1. The van der Waals surface area contributed by atoms with Gasteiger partial charge in [-0.2, -0.15) is 0 Å². The topological polar surface area (TPSA) is 17.1 Å². The number of Topliss-reactive ketones (excluding diaryl/α,β-unsaturated/α-hetero) is 1. The van der Waals surface area contributed by atoms with Crippen molar-refractivity contribution in [2.75, 3.05) is 0 Å². The van der Waals surface area contributed by atoms with E-state index in [4.69, 9.17) is 0 Å². The molecule has 1 heteroatoms. The van der Waals surface area contributed by atoms with Gasteiger partial charge in [0.1, 0.15) is 0 Å². The Hall–Kier alpha value is -1.89. The molecule has 0 radical (unpaired) electrons. The molecule has 2 rings (SSSR count). The highest BCUT2D eigenvalue weighted by Gasteiger charge is 2.10. The predicted octanol–water partition coefficient (Wildman–Crippen LogP) is 4.04. The van der Waals surface area contributed by atoms with Crippen LogP contribution in [0.15, 0.2) is 42.5 Å². The molecule has 2 aromatic carbocycles. The normalized spacial score (nSPS) is 10.4. The van der Waals surface area contributed by atoms with Gasteiger partial charge in [0.2, 0.25) is 0 Å². The van der Waals surface area contributed by atoms with Crippen molar-refractivity contribution < 1.29 is 4.79 Å². The lowest BCUT2D eigenvalue weighted by Crippen LogP contribution is -2.06. The van der Waals surface area contributed by atoms with Gasteiger partial charge in [0.25, 0.3) is 0 Å². The molecule has 0 aromatic heterocycles. The molecule has 0 heterocycles. The molecular weight excluding hydrogens is 220 g/mol. The van der Waals surface area contributed by atoms with Gasteiger partial charge in [-0.15, -0.1) is 0 Å². The van der Waals surface area contributed by atoms with E-state index in [9.17, 15) is 4.79 Å². The number of carbonyl (C=O) groups is 1. The molecule has 92 valence electrons. The highest BCUT2D eigenvalue weighted by atomic mass is 16.1. The minimum Gasteiger partial charge on any atom is -0.294 e. The van der Waals surface area contributed by atoms with E-state index in [2.05, 4.69) is 6.92 Å². The van der Waals surface area contributed by atoms with Crippen molar-refractivity contribution in [3.63, 3.8) is 0 Å². The minimum atomic E-state index is 0.194. The zero-order valence-corrected chi connectivity index (χ0v) is 11.2. The van der Waals surface area contributed by atoms with Crippen molar-refractivity contribution in [1.29, 1.82) is 0 Å². The number of carbonyl (C=O) groups excluding carboxylic acids is 1. The van der Waals surface area contributed by atoms with Crippen molar-refractivity contribution in [2.45, 2.75) is 27.2 Å². The molecule has 1 nitrogen and oxygen atoms in total. The first-order valence-corrected chi connectivity index (χ1v) is 6.22. The van der Waals surface area contributed by atoms with Crippen molar-refractivity contribution in [3.8, 4) is 0 Å². The summed E-state index contributed by atoms with van der Waals surface area (Å²) in [6.45, 7) is 6.06. The lowest BCUT2D eigenvalue weighted by molar-refractivity contribution is 0.0992. The Balaban J connectivity index is 2.21. The predicted molar refractivity (Wildman–Crippen MR) is 75.1 cm³/mol. The smallest absolute Gasteiger partial charge is 0.167 e. The summed E-state index contributed by atoms with van der Waals surface area (Å²) < 4.78 is 0. The Morgan fingerprint density at radius 1 is 0.889 bits per heavy atom. The highest BCUT2D eigenvalue weighted by molar-refractivity contribution is 5.98. The number of rotatable bonds is 3. The molecule has 0 aliphatic heterocycles. The monoisotopic (exact) mass is 238 g/mol. The molecule has 0 saturated carbocycles. The highest BCUT2D eigenvalue weighted by Crippen LogP contribution is 2.14. The second-order valence-corrected chi connectivity index (χ2v) is 4.90. The second-order valence-electron chi connectivity index (χ2n) is 4.90. The summed E-state index contributed by atoms with van der Waals surface area (Å²) in [6.07, 6.45) is 0.477. The summed E-state index contributed by atoms with van der Waals surface area (Å²) >= 11 is 0. The SMILES string of the molecule is Cc1ccc(CC(=O)c2cc(C)ccc2C)cc1. The average molecular weight is 238 g/mol. The minimum absolute atomic E-state index is 0.194. The number of aryl methyl sites for hydroxylation is 3. The molecule has 0 unspecified atom stereocenters. The number of hydrogen-bond donors (Lipinski definition) is 0. The molecule has 2 aromatic rings. The number of benzene rings is 2. The molecule has 18 heavy (non-hydrogen) atoms. The Labute approximate surface area is 108 Å². The van der Waals surface area contributed by atoms with Crippen LogP contribution in [0.1, 0.15) is 32.6 Å². The van der Waals surface area contributed by atoms with E-state index in [1.807, 2.05) is 56.3 Å². The van der Waals surface area contributed by atoms with Crippen molar-refractivity contribution in [2.24, 2.45) is 0 Å². The van der Waals surface area contributed by atoms with Crippen LogP contribution in [0.3, 0.4) is 0 Å². The molecule has 0 bridgehead atoms. The van der Waals surface area contributed by atoms with E-state index in [0.717, 1.165) is 22.3 Å². The molecule has 0 saturated heterocycles. The van der Waals surface area contributed by atoms with Gasteiger partial charge in [-0.25, -0.2) is 0 Å². The maximum atomic E-state index is 12.3. The fourth-order valence-electron chi connectivity index (χ4n) is 2.02. The number of hydrogen-bond acceptors (Lipinski definition) is 1. The molecule has 0 spiro atoms. The van der Waals surface area contributed by atoms with E-state index in [0.29, 0.717) is 6.42 Å². The Morgan fingerprint density at radius 2 is 1.50 bits per heavy atom. The van der Waals surface area contributed by atoms with Gasteiger partial charge in [0.05, 0.1) is 0 Å². The van der Waals surface area contributed by atoms with E-state index < -0.39 is 0 Å². The van der Waals surface area contributed by atoms with Gasteiger partial charge in [-0.05, 0) is 38.0 Å². The maximum absolute atomic E-state index is 12.3. The van der Waals surface area contributed by atoms with Gasteiger partial charge in [-0.3, -0.25) is 4.79 Å². The largest absolute Gasteiger partial charge is 0.294 e. The lowest BCUT2D eigenvalue weighted by atomic mass is 9.97. The van der Waals surface area contributed by atoms with E-state index in [-0.39, 0.29) is 5.78 Å². The first-order chi connectivity index (χ1) is 8.56. The van der Waals surface area contributed by atoms with Gasteiger partial charge in [0, 0.05) is 12.0 Å². The van der Waals surface area contributed by atoms with Crippen LogP contribution >= 0.6 is 0 Å². The Bertz CT molecular complexity index is 565. The van der Waals surface area contributed by atoms with Gasteiger partial charge >= 0.3 is 0 Å². The molecule has 0 atom stereocenters. The van der Waals surface area contributed by atoms with Crippen LogP contribution in [0.4, 0.5) is 0 Å². The van der Waals surface area contributed by atoms with Crippen LogP contribution in [-0.2, 0) is 6.42 Å². The van der Waals surface area contributed by atoms with Crippen LogP contribution in [0.2, 0.25) is 0 Å². The van der Waals surface area contributed by atoms with E-state index in [1.54, 1.807) is 0 Å². The van der Waals surface area contributed by atoms with Crippen LogP contribution in [0.25, 0.3) is 0 Å². The summed E-state index contributed by atoms with van der Waals surface area (Å²) in [5, 5.41) is 0. The summed E-state index contributed by atoms with van der Waals surface area (Å²) in [4.78, 5) is 12.3. The summed E-state index contributed by atoms with van der Waals surface area (Å²) in [7, 11) is 0. The van der Waals surface area contributed by atoms with E-state index in [1.165, 1.54) is 5.56 Å². The summed E-state index contributed by atoms with van der Waals surface area (Å²) in [5.74, 6) is 0.194. The molecule has 0 amide bonds. The Morgan fingerprint density at radius 3 is 2.17 bits per heavy atom. The van der Waals surface area contributed by atoms with Crippen molar-refractivity contribution >= 4 is 5.78 Å². The molecule has 0 N–H and O–H groups in total. The lowest BCUT2D eigenvalue weighted by Gasteiger charge is -2.06. The zero-order valence-electron chi connectivity index (χ0n) is 11.2. The van der Waals surface area contributed by atoms with Gasteiger partial charge in [0.15, 0.2) is 5.78 Å². The second kappa shape index (κ2) is 5.18. The third kappa shape index (κ3) is 2.86. The average Bonchev–Trinajstić information content (AvgIpc) is 2.35. The van der Waals surface area contributed by atoms with Crippen molar-refractivity contribution in [3.05, 3.63) is 70.3 Å². The molecule has 0 aliphatic carbocycles. The van der Waals surface area contributed by atoms with Crippen molar-refractivity contribution in [1.82, 2.24) is 0 Å². The summed E-state index contributed by atoms with van der Waals surface area (Å²) in [6, 6.07) is 14.2. The van der Waals surface area contributed by atoms with Gasteiger partial charge in [-0.1, -0.05) is 47.5 Å². The quantitative estimate of drug-likeness (QED) is 0.738. The fraction of sp³-hybridized carbons (Fsp3) is 0.235. The third-order valence-electron chi connectivity index (χ3n) is 3.18. The first-order valence-electron chi connectivity index (χ1n) is 6.22. The van der Waals surface area contributed by atoms with Crippen LogP contribution in [0, 0.1) is 20.8 Å². The summed E-state index contributed by atoms with van der Waals surface area (Å²) in [5.41, 5.74) is 5.32. The fourth-order valence-corrected chi connectivity index (χ4v) is 2.02. The van der Waals surface area contributed by atoms with Gasteiger partial charge < -0.3 is 0 Å². The van der Waals surface area contributed by atoms with E-state index >= 15 is 0 Å². The molecular formula is C17H18O. The number of ketones is 1. The molecule has 0 fully saturated rings. The van der Waals surface area contributed by atoms with Crippen LogP contribution in [0.5, 0.6) is 0 Å².